The average molecular weight is 526 g/mol. The number of likely N-dealkylation sites (N-methyl/N-ethyl adjacent to an activating group) is 1. The molecule has 1 N–H and O–H groups in total. The van der Waals surface area contributed by atoms with Gasteiger partial charge in [0.1, 0.15) is 11.8 Å². The van der Waals surface area contributed by atoms with Crippen LogP contribution in [-0.2, 0) is 26.2 Å². The lowest BCUT2D eigenvalue weighted by Gasteiger charge is -2.32. The Hall–Kier alpha value is -3.43. The molecule has 0 aromatic heterocycles. The van der Waals surface area contributed by atoms with Crippen LogP contribution in [0.15, 0.2) is 71.6 Å². The summed E-state index contributed by atoms with van der Waals surface area (Å²) in [6, 6.07) is 18.9. The first-order valence-electron chi connectivity index (χ1n) is 12.4. The number of sulfonamides is 1. The molecule has 0 saturated carbocycles. The molecule has 1 atom stereocenters. The monoisotopic (exact) mass is 525 g/mol. The van der Waals surface area contributed by atoms with Gasteiger partial charge in [0.2, 0.25) is 21.8 Å². The first-order valence-corrected chi connectivity index (χ1v) is 13.8. The maximum atomic E-state index is 13.6. The zero-order valence-electron chi connectivity index (χ0n) is 21.8. The van der Waals surface area contributed by atoms with Crippen LogP contribution in [0.5, 0.6) is 5.75 Å². The number of carbonyl (C=O) groups is 2. The highest BCUT2D eigenvalue weighted by Crippen LogP contribution is 2.22. The molecule has 0 fully saturated rings. The number of benzene rings is 3. The Morgan fingerprint density at radius 2 is 1.70 bits per heavy atom. The van der Waals surface area contributed by atoms with Crippen molar-refractivity contribution in [2.45, 2.75) is 44.2 Å². The second-order valence-corrected chi connectivity index (χ2v) is 10.9. The Bertz CT molecular complexity index is 1340. The van der Waals surface area contributed by atoms with Crippen molar-refractivity contribution in [3.8, 4) is 5.75 Å². The van der Waals surface area contributed by atoms with E-state index in [4.69, 9.17) is 4.74 Å². The Morgan fingerprint density at radius 1 is 0.973 bits per heavy atom. The molecule has 9 heteroatoms. The highest BCUT2D eigenvalue weighted by atomic mass is 32.2. The van der Waals surface area contributed by atoms with E-state index < -0.39 is 28.5 Å². The van der Waals surface area contributed by atoms with Crippen molar-refractivity contribution in [3.05, 3.63) is 72.3 Å². The molecule has 37 heavy (non-hydrogen) atoms. The summed E-state index contributed by atoms with van der Waals surface area (Å²) in [7, 11) is -1.01. The number of amides is 2. The summed E-state index contributed by atoms with van der Waals surface area (Å²) >= 11 is 0. The zero-order valence-corrected chi connectivity index (χ0v) is 22.6. The van der Waals surface area contributed by atoms with Gasteiger partial charge in [-0.1, -0.05) is 56.3 Å². The highest BCUT2D eigenvalue weighted by molar-refractivity contribution is 7.89. The topological polar surface area (TPSA) is 96.0 Å². The summed E-state index contributed by atoms with van der Waals surface area (Å²) in [6.07, 6.45) is 1.14. The molecule has 0 spiro atoms. The van der Waals surface area contributed by atoms with Crippen LogP contribution in [0.4, 0.5) is 0 Å². The lowest BCUT2D eigenvalue weighted by Crippen LogP contribution is -2.51. The minimum Gasteiger partial charge on any atom is -0.497 e. The van der Waals surface area contributed by atoms with Crippen LogP contribution in [0.25, 0.3) is 10.8 Å². The maximum absolute atomic E-state index is 13.6. The van der Waals surface area contributed by atoms with Crippen LogP contribution in [-0.4, -0.2) is 62.7 Å². The smallest absolute Gasteiger partial charge is 0.243 e. The van der Waals surface area contributed by atoms with Crippen molar-refractivity contribution in [1.29, 1.82) is 0 Å². The largest absolute Gasteiger partial charge is 0.497 e. The van der Waals surface area contributed by atoms with Crippen LogP contribution in [0.1, 0.15) is 32.3 Å². The van der Waals surface area contributed by atoms with Crippen molar-refractivity contribution in [2.24, 2.45) is 0 Å². The Balaban J connectivity index is 1.88. The lowest BCUT2D eigenvalue weighted by atomic mass is 10.1. The number of hydrogen-bond acceptors (Lipinski definition) is 5. The number of carbonyl (C=O) groups excluding carboxylic acids is 2. The Labute approximate surface area is 219 Å². The van der Waals surface area contributed by atoms with E-state index in [9.17, 15) is 18.0 Å². The summed E-state index contributed by atoms with van der Waals surface area (Å²) in [5.41, 5.74) is 0.773. The summed E-state index contributed by atoms with van der Waals surface area (Å²) in [5, 5.41) is 4.58. The van der Waals surface area contributed by atoms with Crippen molar-refractivity contribution in [3.63, 3.8) is 0 Å². The van der Waals surface area contributed by atoms with Gasteiger partial charge in [-0.05, 0) is 53.4 Å². The van der Waals surface area contributed by atoms with Gasteiger partial charge in [0, 0.05) is 20.1 Å². The van der Waals surface area contributed by atoms with Crippen molar-refractivity contribution in [1.82, 2.24) is 14.5 Å². The van der Waals surface area contributed by atoms with Crippen molar-refractivity contribution < 1.29 is 22.7 Å². The van der Waals surface area contributed by atoms with Gasteiger partial charge in [-0.25, -0.2) is 8.42 Å². The fourth-order valence-corrected chi connectivity index (χ4v) is 5.28. The first kappa shape index (κ1) is 28.1. The van der Waals surface area contributed by atoms with E-state index in [1.807, 2.05) is 50.2 Å². The first-order chi connectivity index (χ1) is 17.7. The fourth-order valence-electron chi connectivity index (χ4n) is 4.13. The minimum atomic E-state index is -3.94. The van der Waals surface area contributed by atoms with Gasteiger partial charge < -0.3 is 15.0 Å². The summed E-state index contributed by atoms with van der Waals surface area (Å²) in [5.74, 6) is -0.0989. The molecule has 3 rings (SSSR count). The summed E-state index contributed by atoms with van der Waals surface area (Å²) < 4.78 is 33.0. The number of hydrogen-bond donors (Lipinski definition) is 1. The number of nitrogens with zero attached hydrogens (tertiary/aromatic N) is 2. The molecule has 198 valence electrons. The van der Waals surface area contributed by atoms with Gasteiger partial charge in [0.25, 0.3) is 0 Å². The fraction of sp³-hybridized carbons (Fsp3) is 0.357. The van der Waals surface area contributed by atoms with Gasteiger partial charge in [-0.3, -0.25) is 9.59 Å². The lowest BCUT2D eigenvalue weighted by molar-refractivity contribution is -0.141. The van der Waals surface area contributed by atoms with E-state index in [0.29, 0.717) is 18.7 Å². The van der Waals surface area contributed by atoms with Gasteiger partial charge >= 0.3 is 0 Å². The molecule has 8 nitrogen and oxygen atoms in total. The van der Waals surface area contributed by atoms with Gasteiger partial charge in [0.15, 0.2) is 0 Å². The molecule has 0 unspecified atom stereocenters. The maximum Gasteiger partial charge on any atom is 0.243 e. The molecule has 0 bridgehead atoms. The normalized spacial score (nSPS) is 12.4. The molecule has 0 saturated heterocycles. The third-order valence-corrected chi connectivity index (χ3v) is 8.01. The predicted molar refractivity (Wildman–Crippen MR) is 145 cm³/mol. The van der Waals surface area contributed by atoms with Crippen LogP contribution < -0.4 is 10.1 Å². The quantitative estimate of drug-likeness (QED) is 0.388. The molecule has 0 aliphatic heterocycles. The number of methoxy groups -OCH3 is 1. The molecule has 2 amide bonds. The molecule has 0 radical (unpaired) electrons. The van der Waals surface area contributed by atoms with E-state index >= 15 is 0 Å². The SMILES string of the molecule is CCCNC(=O)[C@@H](CC)N(Cc1cccc(OC)c1)C(=O)CN(C)S(=O)(=O)c1ccc2ccccc2c1. The standard InChI is InChI=1S/C28H35N3O5S/c1-5-16-29-28(33)26(6-2)31(19-21-10-9-13-24(17-21)36-4)27(32)20-30(3)37(34,35)25-15-14-22-11-7-8-12-23(22)18-25/h7-15,17-18,26H,5-6,16,19-20H2,1-4H3,(H,29,33)/t26-/m1/s1. The zero-order chi connectivity index (χ0) is 27.0. The number of rotatable bonds is 12. The molecule has 0 aliphatic carbocycles. The van der Waals surface area contributed by atoms with Crippen LogP contribution in [0.2, 0.25) is 0 Å². The number of nitrogens with one attached hydrogen (secondary N) is 1. The second-order valence-electron chi connectivity index (χ2n) is 8.86. The van der Waals surface area contributed by atoms with Gasteiger partial charge in [-0.15, -0.1) is 0 Å². The van der Waals surface area contributed by atoms with E-state index in [-0.39, 0.29) is 17.3 Å². The molecular formula is C28H35N3O5S. The van der Waals surface area contributed by atoms with Gasteiger partial charge in [-0.2, -0.15) is 4.31 Å². The predicted octanol–water partition coefficient (Wildman–Crippen LogP) is 3.80. The Morgan fingerprint density at radius 3 is 2.38 bits per heavy atom. The molecule has 3 aromatic carbocycles. The molecular weight excluding hydrogens is 490 g/mol. The van der Waals surface area contributed by atoms with Crippen LogP contribution >= 0.6 is 0 Å². The Kier molecular flexibility index (Phi) is 9.66. The summed E-state index contributed by atoms with van der Waals surface area (Å²) in [6.45, 7) is 4.01. The van der Waals surface area contributed by atoms with Crippen molar-refractivity contribution in [2.75, 3.05) is 27.2 Å². The molecule has 3 aromatic rings. The number of ether oxygens (including phenoxy) is 1. The van der Waals surface area contributed by atoms with E-state index in [1.54, 1.807) is 37.4 Å². The van der Waals surface area contributed by atoms with Crippen LogP contribution in [0.3, 0.4) is 0 Å². The summed E-state index contributed by atoms with van der Waals surface area (Å²) in [4.78, 5) is 28.1. The van der Waals surface area contributed by atoms with E-state index in [1.165, 1.54) is 11.9 Å². The average Bonchev–Trinajstić information content (AvgIpc) is 2.91. The highest BCUT2D eigenvalue weighted by Gasteiger charge is 2.31. The van der Waals surface area contributed by atoms with Crippen molar-refractivity contribution >= 4 is 32.6 Å². The van der Waals surface area contributed by atoms with E-state index in [2.05, 4.69) is 5.32 Å². The van der Waals surface area contributed by atoms with Crippen LogP contribution in [0, 0.1) is 0 Å². The minimum absolute atomic E-state index is 0.105. The third kappa shape index (κ3) is 6.87. The number of fused-ring (bicyclic) bond motifs is 1. The second kappa shape index (κ2) is 12.7. The molecule has 0 heterocycles. The van der Waals surface area contributed by atoms with E-state index in [0.717, 1.165) is 27.1 Å². The molecule has 0 aliphatic rings. The third-order valence-electron chi connectivity index (χ3n) is 6.21. The van der Waals surface area contributed by atoms with Gasteiger partial charge in [0.05, 0.1) is 18.6 Å².